The fourth-order valence-electron chi connectivity index (χ4n) is 2.65. The van der Waals surface area contributed by atoms with E-state index in [1.54, 1.807) is 18.3 Å². The number of pyridine rings is 2. The highest BCUT2D eigenvalue weighted by molar-refractivity contribution is 6.03. The highest BCUT2D eigenvalue weighted by atomic mass is 16.3. The van der Waals surface area contributed by atoms with Gasteiger partial charge in [0, 0.05) is 17.0 Å². The molecule has 0 aliphatic rings. The molecular formula is C18H12N2O2. The van der Waals surface area contributed by atoms with Crippen molar-refractivity contribution in [3.05, 3.63) is 60.8 Å². The fraction of sp³-hybridized carbons (Fsp3) is 0. The number of fused-ring (bicyclic) bond motifs is 3. The number of aromatic hydroxyl groups is 2. The normalized spacial score (nSPS) is 11.1. The Morgan fingerprint density at radius 1 is 0.682 bits per heavy atom. The van der Waals surface area contributed by atoms with E-state index < -0.39 is 0 Å². The van der Waals surface area contributed by atoms with E-state index in [1.807, 2.05) is 30.3 Å². The third-order valence-corrected chi connectivity index (χ3v) is 3.71. The average Bonchev–Trinajstić information content (AvgIpc) is 2.54. The number of nitrogens with zero attached hydrogens (tertiary/aromatic N) is 2. The molecule has 2 aromatic carbocycles. The van der Waals surface area contributed by atoms with Crippen LogP contribution in [0.2, 0.25) is 0 Å². The Morgan fingerprint density at radius 3 is 2.14 bits per heavy atom. The largest absolute Gasteiger partial charge is 0.507 e. The van der Waals surface area contributed by atoms with Crippen LogP contribution in [0.25, 0.3) is 33.1 Å². The van der Waals surface area contributed by atoms with Gasteiger partial charge in [-0.15, -0.1) is 0 Å². The molecule has 0 spiro atoms. The van der Waals surface area contributed by atoms with Crippen LogP contribution in [0.5, 0.6) is 11.5 Å². The Labute approximate surface area is 126 Å². The standard InChI is InChI=1S/C18H12N2O2/c21-14-4-1-5-15(22)16(14)13-9-8-12-7-6-11-3-2-10-19-17(11)18(12)20-13/h1-10,21-22H. The molecule has 0 saturated heterocycles. The average molecular weight is 288 g/mol. The molecule has 4 aromatic rings. The van der Waals surface area contributed by atoms with E-state index in [0.29, 0.717) is 11.3 Å². The maximum Gasteiger partial charge on any atom is 0.128 e. The number of hydrogen-bond donors (Lipinski definition) is 2. The first-order chi connectivity index (χ1) is 10.7. The van der Waals surface area contributed by atoms with Gasteiger partial charge in [0.15, 0.2) is 0 Å². The molecular weight excluding hydrogens is 276 g/mol. The van der Waals surface area contributed by atoms with Gasteiger partial charge in [-0.25, -0.2) is 4.98 Å². The lowest BCUT2D eigenvalue weighted by molar-refractivity contribution is 0.454. The highest BCUT2D eigenvalue weighted by Gasteiger charge is 2.12. The molecule has 4 rings (SSSR count). The molecule has 4 heteroatoms. The molecule has 0 aliphatic carbocycles. The summed E-state index contributed by atoms with van der Waals surface area (Å²) in [6.45, 7) is 0. The molecule has 0 fully saturated rings. The topological polar surface area (TPSA) is 66.2 Å². The van der Waals surface area contributed by atoms with Gasteiger partial charge in [-0.05, 0) is 24.3 Å². The van der Waals surface area contributed by atoms with Crippen molar-refractivity contribution in [2.75, 3.05) is 0 Å². The number of hydrogen-bond acceptors (Lipinski definition) is 4. The smallest absolute Gasteiger partial charge is 0.128 e. The monoisotopic (exact) mass is 288 g/mol. The van der Waals surface area contributed by atoms with E-state index in [2.05, 4.69) is 9.97 Å². The predicted molar refractivity (Wildman–Crippen MR) is 85.8 cm³/mol. The SMILES string of the molecule is Oc1cccc(O)c1-c1ccc2ccc3cccnc3c2n1. The molecule has 22 heavy (non-hydrogen) atoms. The molecule has 0 amide bonds. The second kappa shape index (κ2) is 4.70. The minimum absolute atomic E-state index is 0.0000425. The van der Waals surface area contributed by atoms with Crippen LogP contribution in [0.3, 0.4) is 0 Å². The van der Waals surface area contributed by atoms with Gasteiger partial charge < -0.3 is 10.2 Å². The summed E-state index contributed by atoms with van der Waals surface area (Å²) >= 11 is 0. The second-order valence-corrected chi connectivity index (χ2v) is 5.08. The summed E-state index contributed by atoms with van der Waals surface area (Å²) in [5, 5.41) is 22.0. The van der Waals surface area contributed by atoms with Gasteiger partial charge >= 0.3 is 0 Å². The van der Waals surface area contributed by atoms with E-state index in [4.69, 9.17) is 0 Å². The fourth-order valence-corrected chi connectivity index (χ4v) is 2.65. The summed E-state index contributed by atoms with van der Waals surface area (Å²) in [5.74, 6) is 0.0000849. The maximum atomic E-state index is 10.0. The van der Waals surface area contributed by atoms with Crippen molar-refractivity contribution in [3.63, 3.8) is 0 Å². The molecule has 2 aromatic heterocycles. The van der Waals surface area contributed by atoms with Crippen LogP contribution in [0.1, 0.15) is 0 Å². The minimum atomic E-state index is 0.0000425. The summed E-state index contributed by atoms with van der Waals surface area (Å²) < 4.78 is 0. The Balaban J connectivity index is 2.07. The summed E-state index contributed by atoms with van der Waals surface area (Å²) in [7, 11) is 0. The van der Waals surface area contributed by atoms with Crippen molar-refractivity contribution in [1.29, 1.82) is 0 Å². The quantitative estimate of drug-likeness (QED) is 0.522. The summed E-state index contributed by atoms with van der Waals surface area (Å²) in [6.07, 6.45) is 1.73. The number of benzene rings is 2. The molecule has 0 radical (unpaired) electrons. The van der Waals surface area contributed by atoms with E-state index in [0.717, 1.165) is 21.8 Å². The van der Waals surface area contributed by atoms with Crippen molar-refractivity contribution in [1.82, 2.24) is 9.97 Å². The van der Waals surface area contributed by atoms with Crippen LogP contribution in [0.4, 0.5) is 0 Å². The summed E-state index contributed by atoms with van der Waals surface area (Å²) in [5.41, 5.74) is 2.40. The van der Waals surface area contributed by atoms with Gasteiger partial charge in [-0.2, -0.15) is 0 Å². The Hall–Kier alpha value is -3.14. The molecule has 0 aliphatic heterocycles. The summed E-state index contributed by atoms with van der Waals surface area (Å²) in [4.78, 5) is 9.01. The van der Waals surface area contributed by atoms with Crippen LogP contribution < -0.4 is 0 Å². The zero-order valence-corrected chi connectivity index (χ0v) is 11.6. The van der Waals surface area contributed by atoms with Crippen molar-refractivity contribution < 1.29 is 10.2 Å². The highest BCUT2D eigenvalue weighted by Crippen LogP contribution is 2.36. The van der Waals surface area contributed by atoms with Crippen molar-refractivity contribution >= 4 is 21.8 Å². The molecule has 0 unspecified atom stereocenters. The Bertz CT molecular complexity index is 992. The first-order valence-electron chi connectivity index (χ1n) is 6.90. The first kappa shape index (κ1) is 12.6. The lowest BCUT2D eigenvalue weighted by Gasteiger charge is -2.08. The molecule has 2 heterocycles. The Morgan fingerprint density at radius 2 is 1.36 bits per heavy atom. The van der Waals surface area contributed by atoms with Crippen molar-refractivity contribution in [2.24, 2.45) is 0 Å². The number of phenols is 2. The lowest BCUT2D eigenvalue weighted by Crippen LogP contribution is -1.89. The third-order valence-electron chi connectivity index (χ3n) is 3.71. The van der Waals surface area contributed by atoms with Gasteiger partial charge in [-0.1, -0.05) is 30.3 Å². The van der Waals surface area contributed by atoms with Gasteiger partial charge in [0.25, 0.3) is 0 Å². The first-order valence-corrected chi connectivity index (χ1v) is 6.90. The number of phenolic OH excluding ortho intramolecular Hbond substituents is 2. The third kappa shape index (κ3) is 1.85. The Kier molecular flexibility index (Phi) is 2.69. The van der Waals surface area contributed by atoms with Crippen molar-refractivity contribution in [2.45, 2.75) is 0 Å². The predicted octanol–water partition coefficient (Wildman–Crippen LogP) is 3.86. The second-order valence-electron chi connectivity index (χ2n) is 5.08. The van der Waals surface area contributed by atoms with Gasteiger partial charge in [0.2, 0.25) is 0 Å². The maximum absolute atomic E-state index is 10.0. The minimum Gasteiger partial charge on any atom is -0.507 e. The van der Waals surface area contributed by atoms with E-state index in [-0.39, 0.29) is 11.5 Å². The van der Waals surface area contributed by atoms with Crippen LogP contribution in [0.15, 0.2) is 60.8 Å². The van der Waals surface area contributed by atoms with Gasteiger partial charge in [0.1, 0.15) is 11.5 Å². The number of rotatable bonds is 1. The molecule has 0 bridgehead atoms. The number of aromatic nitrogens is 2. The van der Waals surface area contributed by atoms with Crippen molar-refractivity contribution in [3.8, 4) is 22.8 Å². The van der Waals surface area contributed by atoms with Crippen LogP contribution in [-0.2, 0) is 0 Å². The van der Waals surface area contributed by atoms with E-state index >= 15 is 0 Å². The molecule has 0 saturated carbocycles. The molecule has 2 N–H and O–H groups in total. The zero-order valence-electron chi connectivity index (χ0n) is 11.6. The van der Waals surface area contributed by atoms with E-state index in [9.17, 15) is 10.2 Å². The van der Waals surface area contributed by atoms with Crippen LogP contribution in [0, 0.1) is 0 Å². The van der Waals surface area contributed by atoms with Gasteiger partial charge in [0.05, 0.1) is 22.3 Å². The van der Waals surface area contributed by atoms with Crippen LogP contribution >= 0.6 is 0 Å². The summed E-state index contributed by atoms with van der Waals surface area (Å²) in [6, 6.07) is 16.2. The van der Waals surface area contributed by atoms with Crippen LogP contribution in [-0.4, -0.2) is 20.2 Å². The molecule has 4 nitrogen and oxygen atoms in total. The zero-order chi connectivity index (χ0) is 15.1. The molecule has 0 atom stereocenters. The molecule has 106 valence electrons. The van der Waals surface area contributed by atoms with Gasteiger partial charge in [-0.3, -0.25) is 4.98 Å². The van der Waals surface area contributed by atoms with E-state index in [1.165, 1.54) is 12.1 Å². The lowest BCUT2D eigenvalue weighted by atomic mass is 10.1.